The zero-order valence-corrected chi connectivity index (χ0v) is 12.9. The van der Waals surface area contributed by atoms with Gasteiger partial charge in [-0.2, -0.15) is 0 Å². The lowest BCUT2D eigenvalue weighted by Crippen LogP contribution is -2.23. The van der Waals surface area contributed by atoms with Crippen LogP contribution in [0.25, 0.3) is 5.57 Å². The zero-order valence-electron chi connectivity index (χ0n) is 12.9. The zero-order chi connectivity index (χ0) is 15.6. The van der Waals surface area contributed by atoms with Crippen LogP contribution in [0.5, 0.6) is 5.75 Å². The number of phenolic OH excluding ortho intramolecular Hbond substituents is 1. The topological polar surface area (TPSA) is 61.4 Å². The van der Waals surface area contributed by atoms with E-state index in [4.69, 9.17) is 0 Å². The van der Waals surface area contributed by atoms with E-state index in [9.17, 15) is 9.90 Å². The second kappa shape index (κ2) is 6.04. The molecule has 0 radical (unpaired) electrons. The molecule has 0 aliphatic carbocycles. The molecule has 21 heavy (non-hydrogen) atoms. The lowest BCUT2D eigenvalue weighted by atomic mass is 10.0. The number of phenols is 1. The number of hydrogen-bond acceptors (Lipinski definition) is 3. The lowest BCUT2D eigenvalue weighted by molar-refractivity contribution is -0.110. The third-order valence-electron chi connectivity index (χ3n) is 3.82. The van der Waals surface area contributed by atoms with Gasteiger partial charge in [0.2, 0.25) is 0 Å². The lowest BCUT2D eigenvalue weighted by Gasteiger charge is -2.15. The first-order valence-corrected chi connectivity index (χ1v) is 7.21. The van der Waals surface area contributed by atoms with E-state index in [1.165, 1.54) is 5.57 Å². The van der Waals surface area contributed by atoms with Gasteiger partial charge in [0.05, 0.1) is 0 Å². The predicted octanol–water partition coefficient (Wildman–Crippen LogP) is 3.41. The molecular formula is C17H22N2O2. The number of rotatable bonds is 4. The summed E-state index contributed by atoms with van der Waals surface area (Å²) in [6.07, 6.45) is 2.90. The Morgan fingerprint density at radius 2 is 2.14 bits per heavy atom. The second-order valence-electron chi connectivity index (χ2n) is 5.46. The summed E-state index contributed by atoms with van der Waals surface area (Å²) in [5, 5.41) is 15.8. The molecule has 1 atom stereocenters. The highest BCUT2D eigenvalue weighted by molar-refractivity contribution is 6.31. The third-order valence-corrected chi connectivity index (χ3v) is 3.82. The fraction of sp³-hybridized carbons (Fsp3) is 0.353. The summed E-state index contributed by atoms with van der Waals surface area (Å²) < 4.78 is 0. The number of benzene rings is 1. The summed E-state index contributed by atoms with van der Waals surface area (Å²) in [6, 6.07) is 4.93. The summed E-state index contributed by atoms with van der Waals surface area (Å²) in [7, 11) is 0. The highest BCUT2D eigenvalue weighted by atomic mass is 16.3. The Morgan fingerprint density at radius 3 is 2.81 bits per heavy atom. The third kappa shape index (κ3) is 3.27. The van der Waals surface area contributed by atoms with E-state index in [-0.39, 0.29) is 17.7 Å². The van der Waals surface area contributed by atoms with Crippen LogP contribution in [-0.2, 0) is 4.79 Å². The molecule has 1 aliphatic heterocycles. The Hall–Kier alpha value is -2.23. The van der Waals surface area contributed by atoms with Crippen LogP contribution in [0.15, 0.2) is 35.5 Å². The standard InChI is InChI=1S/C17H22N2O2/c1-5-10(2)12(4)18-11(3)8-15-14-9-13(20)6-7-16(14)19-17(15)21/h6-9,11,18,20H,5H2,1-4H3,(H,19,21)/b12-10-,15-8-. The van der Waals surface area contributed by atoms with E-state index in [1.807, 2.05) is 19.9 Å². The van der Waals surface area contributed by atoms with Gasteiger partial charge in [-0.25, -0.2) is 0 Å². The SMILES string of the molecule is CC/C(C)=C(/C)NC(C)/C=C1\C(=O)Nc2ccc(O)cc21. The van der Waals surface area contributed by atoms with E-state index < -0.39 is 0 Å². The average molecular weight is 286 g/mol. The van der Waals surface area contributed by atoms with Crippen LogP contribution in [0.4, 0.5) is 5.69 Å². The molecule has 112 valence electrons. The van der Waals surface area contributed by atoms with Gasteiger partial charge < -0.3 is 15.7 Å². The van der Waals surface area contributed by atoms with Crippen LogP contribution >= 0.6 is 0 Å². The van der Waals surface area contributed by atoms with E-state index in [1.54, 1.807) is 18.2 Å². The van der Waals surface area contributed by atoms with Gasteiger partial charge in [-0.15, -0.1) is 0 Å². The number of carbonyl (C=O) groups is 1. The van der Waals surface area contributed by atoms with Crippen molar-refractivity contribution in [3.05, 3.63) is 41.1 Å². The van der Waals surface area contributed by atoms with E-state index in [0.29, 0.717) is 5.57 Å². The van der Waals surface area contributed by atoms with Crippen LogP contribution in [-0.4, -0.2) is 17.1 Å². The molecule has 1 amide bonds. The van der Waals surface area contributed by atoms with E-state index in [2.05, 4.69) is 24.5 Å². The van der Waals surface area contributed by atoms with Gasteiger partial charge in [0.25, 0.3) is 5.91 Å². The summed E-state index contributed by atoms with van der Waals surface area (Å²) in [5.41, 5.74) is 4.53. The van der Waals surface area contributed by atoms with E-state index in [0.717, 1.165) is 23.4 Å². The van der Waals surface area contributed by atoms with Crippen molar-refractivity contribution in [2.75, 3.05) is 5.32 Å². The smallest absolute Gasteiger partial charge is 0.256 e. The Kier molecular flexibility index (Phi) is 4.36. The van der Waals surface area contributed by atoms with Gasteiger partial charge in [-0.05, 0) is 51.5 Å². The summed E-state index contributed by atoms with van der Waals surface area (Å²) in [4.78, 5) is 12.1. The normalized spacial score (nSPS) is 18.1. The number of aromatic hydroxyl groups is 1. The molecule has 1 unspecified atom stereocenters. The Morgan fingerprint density at radius 1 is 1.43 bits per heavy atom. The molecule has 0 fully saturated rings. The van der Waals surface area contributed by atoms with Crippen molar-refractivity contribution < 1.29 is 9.90 Å². The molecule has 3 N–H and O–H groups in total. The fourth-order valence-electron chi connectivity index (χ4n) is 2.36. The molecule has 0 saturated heterocycles. The van der Waals surface area contributed by atoms with Crippen molar-refractivity contribution in [3.8, 4) is 5.75 Å². The van der Waals surface area contributed by atoms with Crippen LogP contribution in [0, 0.1) is 0 Å². The van der Waals surface area contributed by atoms with Crippen molar-refractivity contribution in [1.29, 1.82) is 0 Å². The van der Waals surface area contributed by atoms with Crippen LogP contribution in [0.2, 0.25) is 0 Å². The maximum atomic E-state index is 12.1. The monoisotopic (exact) mass is 286 g/mol. The van der Waals surface area contributed by atoms with E-state index >= 15 is 0 Å². The quantitative estimate of drug-likeness (QED) is 0.587. The van der Waals surface area contributed by atoms with Crippen molar-refractivity contribution >= 4 is 17.2 Å². The average Bonchev–Trinajstić information content (AvgIpc) is 2.74. The summed E-state index contributed by atoms with van der Waals surface area (Å²) >= 11 is 0. The molecule has 0 aromatic heterocycles. The van der Waals surface area contributed by atoms with Crippen LogP contribution in [0.1, 0.15) is 39.7 Å². The fourth-order valence-corrected chi connectivity index (χ4v) is 2.36. The maximum Gasteiger partial charge on any atom is 0.256 e. The van der Waals surface area contributed by atoms with Gasteiger partial charge in [0.15, 0.2) is 0 Å². The number of nitrogens with one attached hydrogen (secondary N) is 2. The van der Waals surface area contributed by atoms with Crippen LogP contribution < -0.4 is 10.6 Å². The minimum atomic E-state index is -0.127. The molecule has 1 aromatic carbocycles. The predicted molar refractivity (Wildman–Crippen MR) is 86.0 cm³/mol. The van der Waals surface area contributed by atoms with Gasteiger partial charge in [-0.1, -0.05) is 12.5 Å². The van der Waals surface area contributed by atoms with Gasteiger partial charge in [-0.3, -0.25) is 4.79 Å². The first kappa shape index (κ1) is 15.2. The number of amides is 1. The van der Waals surface area contributed by atoms with Gasteiger partial charge in [0, 0.05) is 28.6 Å². The molecule has 2 rings (SSSR count). The highest BCUT2D eigenvalue weighted by Gasteiger charge is 2.24. The number of fused-ring (bicyclic) bond motifs is 1. The highest BCUT2D eigenvalue weighted by Crippen LogP contribution is 2.34. The summed E-state index contributed by atoms with van der Waals surface area (Å²) in [5.74, 6) is 0.0350. The number of carbonyl (C=O) groups excluding carboxylic acids is 1. The Labute approximate surface area is 125 Å². The Bertz CT molecular complexity index is 630. The molecule has 4 nitrogen and oxygen atoms in total. The molecule has 1 aliphatic rings. The number of allylic oxidation sites excluding steroid dienone is 2. The van der Waals surface area contributed by atoms with Crippen molar-refractivity contribution in [2.24, 2.45) is 0 Å². The Balaban J connectivity index is 2.26. The number of hydrogen-bond donors (Lipinski definition) is 3. The van der Waals surface area contributed by atoms with Gasteiger partial charge in [0.1, 0.15) is 5.75 Å². The number of anilines is 1. The molecule has 0 bridgehead atoms. The minimum absolute atomic E-state index is 0.0283. The molecular weight excluding hydrogens is 264 g/mol. The van der Waals surface area contributed by atoms with Crippen molar-refractivity contribution in [1.82, 2.24) is 5.32 Å². The summed E-state index contributed by atoms with van der Waals surface area (Å²) in [6.45, 7) is 8.26. The van der Waals surface area contributed by atoms with Crippen molar-refractivity contribution in [3.63, 3.8) is 0 Å². The first-order valence-electron chi connectivity index (χ1n) is 7.21. The van der Waals surface area contributed by atoms with Crippen molar-refractivity contribution in [2.45, 2.75) is 40.2 Å². The molecule has 1 aromatic rings. The minimum Gasteiger partial charge on any atom is -0.508 e. The van der Waals surface area contributed by atoms with Crippen LogP contribution in [0.3, 0.4) is 0 Å². The molecule has 4 heteroatoms. The van der Waals surface area contributed by atoms with Gasteiger partial charge >= 0.3 is 0 Å². The molecule has 0 saturated carbocycles. The largest absolute Gasteiger partial charge is 0.508 e. The molecule has 1 heterocycles. The molecule has 0 spiro atoms. The first-order chi connectivity index (χ1) is 9.92. The maximum absolute atomic E-state index is 12.1. The second-order valence-corrected chi connectivity index (χ2v) is 5.46.